The zero-order valence-corrected chi connectivity index (χ0v) is 16.6. The van der Waals surface area contributed by atoms with Crippen molar-refractivity contribution in [2.45, 2.75) is 19.4 Å². The third kappa shape index (κ3) is 3.01. The van der Waals surface area contributed by atoms with Crippen LogP contribution in [0.25, 0.3) is 11.0 Å². The first-order chi connectivity index (χ1) is 13.5. The van der Waals surface area contributed by atoms with Crippen molar-refractivity contribution in [3.8, 4) is 0 Å². The summed E-state index contributed by atoms with van der Waals surface area (Å²) in [5, 5.41) is 11.3. The van der Waals surface area contributed by atoms with E-state index in [1.165, 1.54) is 4.90 Å². The summed E-state index contributed by atoms with van der Waals surface area (Å²) in [7, 11) is 0. The Labute approximate surface area is 169 Å². The van der Waals surface area contributed by atoms with Gasteiger partial charge in [-0.3, -0.25) is 14.6 Å². The van der Waals surface area contributed by atoms with E-state index in [4.69, 9.17) is 4.42 Å². The number of carbonyl (C=O) groups is 2. The molecule has 1 amide bonds. The Hall–Kier alpha value is -2.93. The summed E-state index contributed by atoms with van der Waals surface area (Å²) in [6.45, 7) is 2.32. The molecule has 1 atom stereocenters. The van der Waals surface area contributed by atoms with E-state index in [0.717, 1.165) is 9.86 Å². The molecule has 4 rings (SSSR count). The second-order valence-electron chi connectivity index (χ2n) is 6.54. The number of benzene rings is 1. The van der Waals surface area contributed by atoms with Gasteiger partial charge in [0.05, 0.1) is 11.3 Å². The average molecular weight is 441 g/mol. The van der Waals surface area contributed by atoms with Gasteiger partial charge in [0.15, 0.2) is 11.5 Å². The van der Waals surface area contributed by atoms with E-state index in [2.05, 4.69) is 20.9 Å². The third-order valence-corrected chi connectivity index (χ3v) is 5.18. The number of nitrogens with zero attached hydrogens (tertiary/aromatic N) is 2. The quantitative estimate of drug-likeness (QED) is 0.587. The molecule has 3 aromatic rings. The van der Waals surface area contributed by atoms with E-state index in [-0.39, 0.29) is 11.3 Å². The highest BCUT2D eigenvalue weighted by Gasteiger charge is 2.44. The lowest BCUT2D eigenvalue weighted by atomic mass is 9.98. The van der Waals surface area contributed by atoms with Crippen molar-refractivity contribution in [1.82, 2.24) is 9.88 Å². The maximum absolute atomic E-state index is 13.3. The summed E-state index contributed by atoms with van der Waals surface area (Å²) in [4.78, 5) is 31.7. The summed E-state index contributed by atoms with van der Waals surface area (Å²) in [5.74, 6) is -1.57. The van der Waals surface area contributed by atoms with Gasteiger partial charge >= 0.3 is 0 Å². The van der Waals surface area contributed by atoms with Crippen LogP contribution < -0.4 is 0 Å². The van der Waals surface area contributed by atoms with E-state index in [0.29, 0.717) is 24.2 Å². The van der Waals surface area contributed by atoms with Crippen LogP contribution in [-0.2, 0) is 4.79 Å². The standard InChI is InChI=1S/C21H17BrN2O4/c1-2-9-24-18(14-5-3-4-8-23-14)17(20(26)21(24)27)19(25)16-11-12-10-13(22)6-7-15(12)28-16/h3-8,10-11,18,26H,2,9H2,1H3. The molecule has 1 unspecified atom stereocenters. The SMILES string of the molecule is CCCN1C(=O)C(O)=C(C(=O)c2cc3cc(Br)ccc3o2)C1c1ccccn1. The number of hydrogen-bond donors (Lipinski definition) is 1. The fourth-order valence-electron chi connectivity index (χ4n) is 3.46. The summed E-state index contributed by atoms with van der Waals surface area (Å²) in [6, 6.07) is 11.6. The fourth-order valence-corrected chi connectivity index (χ4v) is 3.84. The van der Waals surface area contributed by atoms with E-state index >= 15 is 0 Å². The van der Waals surface area contributed by atoms with Gasteiger partial charge in [-0.1, -0.05) is 28.9 Å². The van der Waals surface area contributed by atoms with Crippen molar-refractivity contribution in [2.24, 2.45) is 0 Å². The molecule has 6 nitrogen and oxygen atoms in total. The van der Waals surface area contributed by atoms with Crippen LogP contribution >= 0.6 is 15.9 Å². The van der Waals surface area contributed by atoms with Crippen LogP contribution in [0.2, 0.25) is 0 Å². The zero-order chi connectivity index (χ0) is 19.8. The number of halogens is 1. The van der Waals surface area contributed by atoms with Gasteiger partial charge in [0.1, 0.15) is 11.6 Å². The van der Waals surface area contributed by atoms with Crippen LogP contribution in [0.15, 0.2) is 68.9 Å². The summed E-state index contributed by atoms with van der Waals surface area (Å²) >= 11 is 3.39. The van der Waals surface area contributed by atoms with Crippen molar-refractivity contribution >= 4 is 38.6 Å². The normalized spacial score (nSPS) is 17.0. The van der Waals surface area contributed by atoms with Crippen LogP contribution in [0.4, 0.5) is 0 Å². The number of Topliss-reactive ketones (excluding diaryl/α,β-unsaturated/α-hetero) is 1. The smallest absolute Gasteiger partial charge is 0.290 e. The number of hydrogen-bond acceptors (Lipinski definition) is 5. The monoisotopic (exact) mass is 440 g/mol. The second-order valence-corrected chi connectivity index (χ2v) is 7.46. The molecule has 1 aliphatic rings. The predicted octanol–water partition coefficient (Wildman–Crippen LogP) is 4.58. The van der Waals surface area contributed by atoms with E-state index in [9.17, 15) is 14.7 Å². The van der Waals surface area contributed by atoms with E-state index in [1.54, 1.807) is 36.5 Å². The first-order valence-corrected chi connectivity index (χ1v) is 9.69. The fraction of sp³-hybridized carbons (Fsp3) is 0.190. The molecule has 0 radical (unpaired) electrons. The molecular formula is C21H17BrN2O4. The Bertz CT molecular complexity index is 1100. The number of ketones is 1. The minimum Gasteiger partial charge on any atom is -0.503 e. The molecule has 1 aromatic carbocycles. The maximum atomic E-state index is 13.3. The molecule has 0 spiro atoms. The number of furan rings is 1. The van der Waals surface area contributed by atoms with E-state index in [1.807, 2.05) is 19.1 Å². The number of aliphatic hydroxyl groups is 1. The summed E-state index contributed by atoms with van der Waals surface area (Å²) in [5.41, 5.74) is 1.07. The number of aromatic nitrogens is 1. The van der Waals surface area contributed by atoms with Gasteiger partial charge in [-0.05, 0) is 42.8 Å². The number of carbonyl (C=O) groups excluding carboxylic acids is 2. The van der Waals surface area contributed by atoms with Crippen molar-refractivity contribution < 1.29 is 19.1 Å². The Morgan fingerprint density at radius 1 is 1.29 bits per heavy atom. The summed E-state index contributed by atoms with van der Waals surface area (Å²) in [6.07, 6.45) is 2.28. The van der Waals surface area contributed by atoms with Crippen molar-refractivity contribution in [3.05, 3.63) is 75.9 Å². The molecule has 0 fully saturated rings. The van der Waals surface area contributed by atoms with Gasteiger partial charge < -0.3 is 14.4 Å². The van der Waals surface area contributed by atoms with Crippen molar-refractivity contribution in [2.75, 3.05) is 6.54 Å². The molecule has 28 heavy (non-hydrogen) atoms. The molecule has 0 saturated carbocycles. The maximum Gasteiger partial charge on any atom is 0.290 e. The Morgan fingerprint density at radius 3 is 2.82 bits per heavy atom. The van der Waals surface area contributed by atoms with Crippen LogP contribution in [0.5, 0.6) is 0 Å². The topological polar surface area (TPSA) is 83.6 Å². The van der Waals surface area contributed by atoms with Crippen LogP contribution in [0.3, 0.4) is 0 Å². The van der Waals surface area contributed by atoms with Gasteiger partial charge in [-0.2, -0.15) is 0 Å². The highest BCUT2D eigenvalue weighted by molar-refractivity contribution is 9.10. The average Bonchev–Trinajstić information content (AvgIpc) is 3.22. The highest BCUT2D eigenvalue weighted by atomic mass is 79.9. The number of amides is 1. The lowest BCUT2D eigenvalue weighted by Crippen LogP contribution is -2.32. The van der Waals surface area contributed by atoms with Gasteiger partial charge in [0, 0.05) is 22.6 Å². The van der Waals surface area contributed by atoms with E-state index < -0.39 is 23.5 Å². The first kappa shape index (κ1) is 18.4. The molecule has 1 aliphatic heterocycles. The largest absolute Gasteiger partial charge is 0.503 e. The number of rotatable bonds is 5. The van der Waals surface area contributed by atoms with Gasteiger partial charge in [-0.25, -0.2) is 0 Å². The number of aliphatic hydroxyl groups excluding tert-OH is 1. The number of pyridine rings is 1. The van der Waals surface area contributed by atoms with Crippen LogP contribution in [0, 0.1) is 0 Å². The van der Waals surface area contributed by atoms with Gasteiger partial charge in [-0.15, -0.1) is 0 Å². The molecule has 0 saturated heterocycles. The predicted molar refractivity (Wildman–Crippen MR) is 107 cm³/mol. The minimum atomic E-state index is -0.749. The van der Waals surface area contributed by atoms with Crippen molar-refractivity contribution in [3.63, 3.8) is 0 Å². The molecule has 0 bridgehead atoms. The molecule has 0 aliphatic carbocycles. The lowest BCUT2D eigenvalue weighted by molar-refractivity contribution is -0.129. The highest BCUT2D eigenvalue weighted by Crippen LogP contribution is 2.39. The first-order valence-electron chi connectivity index (χ1n) is 8.90. The zero-order valence-electron chi connectivity index (χ0n) is 15.1. The Morgan fingerprint density at radius 2 is 2.11 bits per heavy atom. The molecular weight excluding hydrogens is 424 g/mol. The molecule has 7 heteroatoms. The molecule has 1 N–H and O–H groups in total. The van der Waals surface area contributed by atoms with Crippen molar-refractivity contribution in [1.29, 1.82) is 0 Å². The Kier molecular flexibility index (Phi) is 4.77. The third-order valence-electron chi connectivity index (χ3n) is 4.68. The molecule has 2 aromatic heterocycles. The Balaban J connectivity index is 1.81. The second kappa shape index (κ2) is 7.24. The molecule has 142 valence electrons. The lowest BCUT2D eigenvalue weighted by Gasteiger charge is -2.25. The van der Waals surface area contributed by atoms with Gasteiger partial charge in [0.25, 0.3) is 5.91 Å². The van der Waals surface area contributed by atoms with Gasteiger partial charge in [0.2, 0.25) is 5.78 Å². The van der Waals surface area contributed by atoms with Crippen LogP contribution in [0.1, 0.15) is 35.6 Å². The minimum absolute atomic E-state index is 0.00438. The molecule has 3 heterocycles. The number of fused-ring (bicyclic) bond motifs is 1. The summed E-state index contributed by atoms with van der Waals surface area (Å²) < 4.78 is 6.55. The van der Waals surface area contributed by atoms with Crippen LogP contribution in [-0.4, -0.2) is 33.2 Å².